The van der Waals surface area contributed by atoms with Gasteiger partial charge in [0.25, 0.3) is 0 Å². The number of fused-ring (bicyclic) bond motifs is 2. The molecule has 3 nitrogen and oxygen atoms in total. The van der Waals surface area contributed by atoms with E-state index in [1.165, 1.54) is 11.6 Å². The van der Waals surface area contributed by atoms with Gasteiger partial charge in [-0.2, -0.15) is 0 Å². The van der Waals surface area contributed by atoms with Crippen LogP contribution in [-0.2, 0) is 0 Å². The average molecular weight is 422 g/mol. The molecule has 5 heteroatoms. The van der Waals surface area contributed by atoms with Crippen LogP contribution in [0.25, 0.3) is 21.9 Å². The lowest BCUT2D eigenvalue weighted by Crippen LogP contribution is -2.20. The number of aromatic amines is 1. The lowest BCUT2D eigenvalue weighted by atomic mass is 9.72. The first-order valence-corrected chi connectivity index (χ1v) is 11.2. The molecule has 154 valence electrons. The first kappa shape index (κ1) is 19.5. The second-order valence-electron chi connectivity index (χ2n) is 8.47. The van der Waals surface area contributed by atoms with Crippen molar-refractivity contribution in [2.45, 2.75) is 50.9 Å². The van der Waals surface area contributed by atoms with Crippen LogP contribution in [0, 0.1) is 11.7 Å². The highest BCUT2D eigenvalue weighted by Gasteiger charge is 2.30. The Balaban J connectivity index is 1.36. The summed E-state index contributed by atoms with van der Waals surface area (Å²) in [6.07, 6.45) is 7.45. The number of imidazole rings is 1. The van der Waals surface area contributed by atoms with Crippen molar-refractivity contribution in [1.29, 1.82) is 0 Å². The molecule has 2 heterocycles. The van der Waals surface area contributed by atoms with Gasteiger partial charge in [-0.25, -0.2) is 9.37 Å². The smallest absolute Gasteiger partial charge is 0.123 e. The van der Waals surface area contributed by atoms with Crippen LogP contribution < -0.4 is 0 Å². The van der Waals surface area contributed by atoms with Gasteiger partial charge < -0.3 is 4.98 Å². The number of nitrogens with one attached hydrogen (secondary N) is 1. The van der Waals surface area contributed by atoms with Gasteiger partial charge in [0.05, 0.1) is 16.6 Å². The molecule has 30 heavy (non-hydrogen) atoms. The number of pyridine rings is 1. The summed E-state index contributed by atoms with van der Waals surface area (Å²) in [6, 6.07) is 12.8. The molecule has 1 aliphatic carbocycles. The number of H-pyrrole nitrogens is 1. The Morgan fingerprint density at radius 1 is 1.07 bits per heavy atom. The maximum Gasteiger partial charge on any atom is 0.123 e. The summed E-state index contributed by atoms with van der Waals surface area (Å²) < 4.78 is 13.9. The summed E-state index contributed by atoms with van der Waals surface area (Å²) in [6.45, 7) is 2.25. The molecule has 2 aromatic heterocycles. The van der Waals surface area contributed by atoms with Gasteiger partial charge >= 0.3 is 0 Å². The van der Waals surface area contributed by atoms with Gasteiger partial charge in [0, 0.05) is 22.5 Å². The van der Waals surface area contributed by atoms with Crippen molar-refractivity contribution in [1.82, 2.24) is 15.0 Å². The Bertz CT molecular complexity index is 1190. The van der Waals surface area contributed by atoms with Crippen molar-refractivity contribution in [3.8, 4) is 0 Å². The minimum Gasteiger partial charge on any atom is -0.342 e. The van der Waals surface area contributed by atoms with Crippen molar-refractivity contribution in [3.05, 3.63) is 70.9 Å². The predicted molar refractivity (Wildman–Crippen MR) is 121 cm³/mol. The fourth-order valence-electron chi connectivity index (χ4n) is 5.26. The fraction of sp³-hybridized carbons (Fsp3) is 0.360. The van der Waals surface area contributed by atoms with E-state index in [4.69, 9.17) is 16.6 Å². The van der Waals surface area contributed by atoms with Crippen LogP contribution in [0.5, 0.6) is 0 Å². The third-order valence-electron chi connectivity index (χ3n) is 6.77. The minimum absolute atomic E-state index is 0.193. The molecule has 0 unspecified atom stereocenters. The summed E-state index contributed by atoms with van der Waals surface area (Å²) in [5.74, 6) is 2.37. The molecule has 0 bridgehead atoms. The molecular formula is C25H25ClFN3. The van der Waals surface area contributed by atoms with E-state index in [0.717, 1.165) is 64.9 Å². The number of hydrogen-bond acceptors (Lipinski definition) is 2. The van der Waals surface area contributed by atoms with Gasteiger partial charge in [0.1, 0.15) is 11.6 Å². The normalized spacial score (nSPS) is 20.6. The van der Waals surface area contributed by atoms with Gasteiger partial charge in [-0.1, -0.05) is 18.5 Å². The topological polar surface area (TPSA) is 41.6 Å². The van der Waals surface area contributed by atoms with E-state index in [-0.39, 0.29) is 5.82 Å². The number of nitrogens with zero attached hydrogens (tertiary/aromatic N) is 2. The Kier molecular flexibility index (Phi) is 5.20. The Labute approximate surface area is 180 Å². The SMILES string of the molecule is CC[C@H](c1nc2ccc(Cl)cc2[nH]1)C1CCC(c2ccnc3ccc(F)cc23)CC1. The van der Waals surface area contributed by atoms with E-state index in [2.05, 4.69) is 23.0 Å². The molecule has 4 aromatic rings. The van der Waals surface area contributed by atoms with E-state index in [0.29, 0.717) is 17.8 Å². The second-order valence-corrected chi connectivity index (χ2v) is 8.91. The third-order valence-corrected chi connectivity index (χ3v) is 7.01. The van der Waals surface area contributed by atoms with Crippen molar-refractivity contribution < 1.29 is 4.39 Å². The van der Waals surface area contributed by atoms with Gasteiger partial charge in [0.15, 0.2) is 0 Å². The maximum atomic E-state index is 13.9. The van der Waals surface area contributed by atoms with Crippen molar-refractivity contribution in [2.75, 3.05) is 0 Å². The Morgan fingerprint density at radius 2 is 1.87 bits per heavy atom. The molecule has 2 aromatic carbocycles. The van der Waals surface area contributed by atoms with Crippen LogP contribution in [0.3, 0.4) is 0 Å². The predicted octanol–water partition coefficient (Wildman–Crippen LogP) is 7.37. The van der Waals surface area contributed by atoms with E-state index >= 15 is 0 Å². The lowest BCUT2D eigenvalue weighted by Gasteiger charge is -2.33. The highest BCUT2D eigenvalue weighted by atomic mass is 35.5. The monoisotopic (exact) mass is 421 g/mol. The Morgan fingerprint density at radius 3 is 2.67 bits per heavy atom. The molecule has 0 amide bonds. The first-order valence-electron chi connectivity index (χ1n) is 10.8. The van der Waals surface area contributed by atoms with Crippen LogP contribution >= 0.6 is 11.6 Å². The molecule has 5 rings (SSSR count). The van der Waals surface area contributed by atoms with E-state index in [1.54, 1.807) is 12.1 Å². The van der Waals surface area contributed by atoms with Crippen LogP contribution in [0.15, 0.2) is 48.7 Å². The van der Waals surface area contributed by atoms with E-state index < -0.39 is 0 Å². The minimum atomic E-state index is -0.193. The largest absolute Gasteiger partial charge is 0.342 e. The molecular weight excluding hydrogens is 397 g/mol. The second kappa shape index (κ2) is 7.99. The van der Waals surface area contributed by atoms with Crippen molar-refractivity contribution in [3.63, 3.8) is 0 Å². The third kappa shape index (κ3) is 3.58. The lowest BCUT2D eigenvalue weighted by molar-refractivity contribution is 0.272. The summed E-state index contributed by atoms with van der Waals surface area (Å²) in [5.41, 5.74) is 4.11. The molecule has 1 saturated carbocycles. The van der Waals surface area contributed by atoms with Gasteiger partial charge in [-0.15, -0.1) is 0 Å². The summed E-state index contributed by atoms with van der Waals surface area (Å²) >= 11 is 6.14. The zero-order valence-corrected chi connectivity index (χ0v) is 17.8. The van der Waals surface area contributed by atoms with E-state index in [9.17, 15) is 4.39 Å². The molecule has 1 N–H and O–H groups in total. The molecule has 0 spiro atoms. The summed E-state index contributed by atoms with van der Waals surface area (Å²) in [5, 5.41) is 1.69. The van der Waals surface area contributed by atoms with E-state index in [1.807, 2.05) is 24.4 Å². The van der Waals surface area contributed by atoms with Gasteiger partial charge in [0.2, 0.25) is 0 Å². The van der Waals surface area contributed by atoms with Crippen LogP contribution in [-0.4, -0.2) is 15.0 Å². The van der Waals surface area contributed by atoms with Crippen LogP contribution in [0.4, 0.5) is 4.39 Å². The number of benzene rings is 2. The summed E-state index contributed by atoms with van der Waals surface area (Å²) in [4.78, 5) is 12.8. The number of aromatic nitrogens is 3. The van der Waals surface area contributed by atoms with Crippen LogP contribution in [0.2, 0.25) is 5.02 Å². The first-order chi connectivity index (χ1) is 14.6. The Hall–Kier alpha value is -2.46. The molecule has 0 saturated heterocycles. The number of halogens is 2. The van der Waals surface area contributed by atoms with Gasteiger partial charge in [-0.05, 0) is 92.0 Å². The number of hydrogen-bond donors (Lipinski definition) is 1. The number of rotatable bonds is 4. The van der Waals surface area contributed by atoms with Gasteiger partial charge in [-0.3, -0.25) is 4.98 Å². The molecule has 1 fully saturated rings. The highest BCUT2D eigenvalue weighted by molar-refractivity contribution is 6.31. The molecule has 1 atom stereocenters. The van der Waals surface area contributed by atoms with Crippen molar-refractivity contribution >= 4 is 33.5 Å². The van der Waals surface area contributed by atoms with Crippen molar-refractivity contribution in [2.24, 2.45) is 5.92 Å². The highest BCUT2D eigenvalue weighted by Crippen LogP contribution is 2.44. The standard InChI is InChI=1S/C25H25ClFN3/c1-2-19(25-29-23-9-7-17(26)13-24(23)30-25)15-3-5-16(6-4-15)20-11-12-28-22-10-8-18(27)14-21(20)22/h7-16,19H,2-6H2,1H3,(H,29,30)/t15?,16?,19-/m0/s1. The molecule has 0 radical (unpaired) electrons. The summed E-state index contributed by atoms with van der Waals surface area (Å²) in [7, 11) is 0. The van der Waals surface area contributed by atoms with Crippen LogP contribution in [0.1, 0.15) is 62.3 Å². The zero-order valence-electron chi connectivity index (χ0n) is 17.0. The molecule has 1 aliphatic rings. The molecule has 0 aliphatic heterocycles. The fourth-order valence-corrected chi connectivity index (χ4v) is 5.43. The average Bonchev–Trinajstić information content (AvgIpc) is 3.17. The zero-order chi connectivity index (χ0) is 20.7. The maximum absolute atomic E-state index is 13.9. The quantitative estimate of drug-likeness (QED) is 0.373.